The molecule has 0 aromatic carbocycles. The molecular weight excluding hydrogens is 124 g/mol. The smallest absolute Gasteiger partial charge is 0.0672 e. The average molecular weight is 136 g/mol. The summed E-state index contributed by atoms with van der Waals surface area (Å²) in [6.07, 6.45) is 0. The summed E-state index contributed by atoms with van der Waals surface area (Å²) in [5, 5.41) is 17.1. The van der Waals surface area contributed by atoms with Crippen molar-refractivity contribution in [2.45, 2.75) is 20.8 Å². The largest absolute Gasteiger partial charge is 0.198 e. The normalized spacial score (nSPS) is 15.4. The molecule has 0 radical (unpaired) electrons. The van der Waals surface area contributed by atoms with Crippen molar-refractivity contribution in [3.63, 3.8) is 0 Å². The van der Waals surface area contributed by atoms with Crippen LogP contribution >= 0.6 is 0 Å². The Balaban J connectivity index is 4.14. The third kappa shape index (κ3) is 2.07. The Labute approximate surface area is 62.1 Å². The van der Waals surface area contributed by atoms with Crippen molar-refractivity contribution in [2.24, 2.45) is 17.8 Å². The van der Waals surface area contributed by atoms with Gasteiger partial charge in [-0.15, -0.1) is 0 Å². The molecule has 0 aliphatic carbocycles. The van der Waals surface area contributed by atoms with Gasteiger partial charge in [0, 0.05) is 0 Å². The Kier molecular flexibility index (Phi) is 3.51. The van der Waals surface area contributed by atoms with E-state index < -0.39 is 0 Å². The highest BCUT2D eigenvalue weighted by Crippen LogP contribution is 2.18. The average Bonchev–Trinajstić information content (AvgIpc) is 1.88. The van der Waals surface area contributed by atoms with Crippen LogP contribution in [0, 0.1) is 40.4 Å². The molecule has 0 aromatic rings. The van der Waals surface area contributed by atoms with Crippen molar-refractivity contribution >= 4 is 0 Å². The van der Waals surface area contributed by atoms with Gasteiger partial charge in [0.15, 0.2) is 0 Å². The molecule has 2 atom stereocenters. The fourth-order valence-electron chi connectivity index (χ4n) is 0.919. The Morgan fingerprint density at radius 3 is 1.60 bits per heavy atom. The second kappa shape index (κ2) is 3.90. The van der Waals surface area contributed by atoms with Gasteiger partial charge in [0.05, 0.1) is 24.0 Å². The van der Waals surface area contributed by atoms with Crippen molar-refractivity contribution in [3.8, 4) is 12.1 Å². The van der Waals surface area contributed by atoms with E-state index in [1.807, 2.05) is 13.8 Å². The Bertz CT molecular complexity index is 171. The van der Waals surface area contributed by atoms with Crippen LogP contribution in [0.5, 0.6) is 0 Å². The highest BCUT2D eigenvalue weighted by atomic mass is 14.3. The van der Waals surface area contributed by atoms with Gasteiger partial charge in [0.1, 0.15) is 0 Å². The highest BCUT2D eigenvalue weighted by Gasteiger charge is 2.19. The van der Waals surface area contributed by atoms with Gasteiger partial charge in [-0.1, -0.05) is 13.8 Å². The molecule has 0 unspecified atom stereocenters. The molecule has 0 heterocycles. The quantitative estimate of drug-likeness (QED) is 0.582. The van der Waals surface area contributed by atoms with E-state index in [9.17, 15) is 0 Å². The lowest BCUT2D eigenvalue weighted by atomic mass is 9.87. The molecule has 54 valence electrons. The van der Waals surface area contributed by atoms with Crippen LogP contribution in [-0.2, 0) is 0 Å². The molecule has 0 aliphatic heterocycles. The standard InChI is InChI=1S/C8H12N2/c1-6(2)8(5-10)7(3)4-9/h6-8H,1-3H3/t7-,8+/m0/s1. The van der Waals surface area contributed by atoms with Crippen molar-refractivity contribution in [1.29, 1.82) is 10.5 Å². The second-order valence-electron chi connectivity index (χ2n) is 2.82. The molecule has 0 bridgehead atoms. The van der Waals surface area contributed by atoms with Gasteiger partial charge >= 0.3 is 0 Å². The van der Waals surface area contributed by atoms with Crippen LogP contribution in [0.4, 0.5) is 0 Å². The molecular formula is C8H12N2. The molecule has 0 saturated carbocycles. The predicted octanol–water partition coefficient (Wildman–Crippen LogP) is 1.94. The minimum Gasteiger partial charge on any atom is -0.198 e. The third-order valence-corrected chi connectivity index (χ3v) is 1.61. The van der Waals surface area contributed by atoms with E-state index in [4.69, 9.17) is 10.5 Å². The van der Waals surface area contributed by atoms with E-state index in [1.54, 1.807) is 6.92 Å². The van der Waals surface area contributed by atoms with E-state index in [0.29, 0.717) is 0 Å². The van der Waals surface area contributed by atoms with Gasteiger partial charge in [0.2, 0.25) is 0 Å². The Hall–Kier alpha value is -1.02. The first-order valence-corrected chi connectivity index (χ1v) is 3.42. The molecule has 0 aromatic heterocycles. The topological polar surface area (TPSA) is 47.6 Å². The number of nitrogens with zero attached hydrogens (tertiary/aromatic N) is 2. The minimum atomic E-state index is -0.148. The SMILES string of the molecule is CC(C)[C@@H](C#N)[C@@H](C)C#N. The van der Waals surface area contributed by atoms with E-state index in [2.05, 4.69) is 12.1 Å². The first-order valence-electron chi connectivity index (χ1n) is 3.42. The van der Waals surface area contributed by atoms with Crippen LogP contribution in [0.15, 0.2) is 0 Å². The van der Waals surface area contributed by atoms with E-state index >= 15 is 0 Å². The van der Waals surface area contributed by atoms with Crippen LogP contribution in [0.3, 0.4) is 0 Å². The Morgan fingerprint density at radius 2 is 1.50 bits per heavy atom. The maximum absolute atomic E-state index is 8.60. The maximum atomic E-state index is 8.60. The van der Waals surface area contributed by atoms with Gasteiger partial charge in [0.25, 0.3) is 0 Å². The molecule has 0 rings (SSSR count). The summed E-state index contributed by atoms with van der Waals surface area (Å²) in [6, 6.07) is 4.20. The lowest BCUT2D eigenvalue weighted by Gasteiger charge is -2.13. The summed E-state index contributed by atoms with van der Waals surface area (Å²) in [4.78, 5) is 0. The second-order valence-corrected chi connectivity index (χ2v) is 2.82. The van der Waals surface area contributed by atoms with Crippen LogP contribution in [0.1, 0.15) is 20.8 Å². The minimum absolute atomic E-state index is 0.120. The third-order valence-electron chi connectivity index (χ3n) is 1.61. The van der Waals surface area contributed by atoms with Gasteiger partial charge in [-0.2, -0.15) is 10.5 Å². The zero-order valence-electron chi connectivity index (χ0n) is 6.63. The maximum Gasteiger partial charge on any atom is 0.0672 e. The zero-order valence-corrected chi connectivity index (χ0v) is 6.63. The molecule has 0 N–H and O–H groups in total. The summed E-state index contributed by atoms with van der Waals surface area (Å²) < 4.78 is 0. The van der Waals surface area contributed by atoms with Crippen LogP contribution < -0.4 is 0 Å². The van der Waals surface area contributed by atoms with Crippen molar-refractivity contribution in [2.75, 3.05) is 0 Å². The summed E-state index contributed by atoms with van der Waals surface area (Å²) in [5.74, 6) is 0.00894. The first kappa shape index (κ1) is 8.98. The van der Waals surface area contributed by atoms with E-state index in [0.717, 1.165) is 0 Å². The van der Waals surface area contributed by atoms with E-state index in [-0.39, 0.29) is 17.8 Å². The number of hydrogen-bond donors (Lipinski definition) is 0. The number of nitriles is 2. The summed E-state index contributed by atoms with van der Waals surface area (Å²) in [7, 11) is 0. The molecule has 0 fully saturated rings. The van der Waals surface area contributed by atoms with Crippen molar-refractivity contribution < 1.29 is 0 Å². The Morgan fingerprint density at radius 1 is 1.00 bits per heavy atom. The lowest BCUT2D eigenvalue weighted by molar-refractivity contribution is 0.401. The molecule has 2 heteroatoms. The molecule has 2 nitrogen and oxygen atoms in total. The molecule has 10 heavy (non-hydrogen) atoms. The van der Waals surface area contributed by atoms with Gasteiger partial charge in [-0.25, -0.2) is 0 Å². The highest BCUT2D eigenvalue weighted by molar-refractivity contribution is 4.97. The zero-order chi connectivity index (χ0) is 8.15. The number of rotatable bonds is 2. The summed E-state index contributed by atoms with van der Waals surface area (Å²) in [6.45, 7) is 5.71. The lowest BCUT2D eigenvalue weighted by Crippen LogP contribution is -2.14. The summed E-state index contributed by atoms with van der Waals surface area (Å²) >= 11 is 0. The van der Waals surface area contributed by atoms with Gasteiger partial charge in [-0.3, -0.25) is 0 Å². The van der Waals surface area contributed by atoms with Gasteiger partial charge in [-0.05, 0) is 12.8 Å². The van der Waals surface area contributed by atoms with Crippen LogP contribution in [0.25, 0.3) is 0 Å². The molecule has 0 aliphatic rings. The molecule has 0 spiro atoms. The van der Waals surface area contributed by atoms with E-state index in [1.165, 1.54) is 0 Å². The first-order chi connectivity index (χ1) is 4.63. The van der Waals surface area contributed by atoms with Gasteiger partial charge < -0.3 is 0 Å². The molecule has 0 saturated heterocycles. The van der Waals surface area contributed by atoms with Crippen LogP contribution in [-0.4, -0.2) is 0 Å². The summed E-state index contributed by atoms with van der Waals surface area (Å²) in [5.41, 5.74) is 0. The predicted molar refractivity (Wildman–Crippen MR) is 38.7 cm³/mol. The fraction of sp³-hybridized carbons (Fsp3) is 0.750. The fourth-order valence-corrected chi connectivity index (χ4v) is 0.919. The van der Waals surface area contributed by atoms with Crippen LogP contribution in [0.2, 0.25) is 0 Å². The van der Waals surface area contributed by atoms with Crippen molar-refractivity contribution in [3.05, 3.63) is 0 Å². The number of hydrogen-bond acceptors (Lipinski definition) is 2. The molecule has 0 amide bonds. The van der Waals surface area contributed by atoms with Crippen molar-refractivity contribution in [1.82, 2.24) is 0 Å². The monoisotopic (exact) mass is 136 g/mol.